The van der Waals surface area contributed by atoms with Crippen LogP contribution in [-0.2, 0) is 4.79 Å². The fourth-order valence-corrected chi connectivity index (χ4v) is 0.919. The zero-order valence-electron chi connectivity index (χ0n) is 5.82. The van der Waals surface area contributed by atoms with Crippen LogP contribution in [0.4, 0.5) is 0 Å². The lowest BCUT2D eigenvalue weighted by Crippen LogP contribution is -1.97. The first kappa shape index (κ1) is 8.91. The van der Waals surface area contributed by atoms with Crippen molar-refractivity contribution in [3.63, 3.8) is 0 Å². The summed E-state index contributed by atoms with van der Waals surface area (Å²) in [6, 6.07) is 10.5. The highest BCUT2D eigenvalue weighted by Gasteiger charge is 1.72. The van der Waals surface area contributed by atoms with Gasteiger partial charge in [0.2, 0.25) is 0 Å². The number of benzene rings is 1. The zero-order valence-corrected chi connectivity index (χ0v) is 7.82. The van der Waals surface area contributed by atoms with Crippen molar-refractivity contribution >= 4 is 21.9 Å². The van der Waals surface area contributed by atoms with Crippen LogP contribution in [0.2, 0.25) is 0 Å². The smallest absolute Gasteiger partial charge is 0.290 e. The number of rotatable bonds is 0. The molecule has 2 nitrogen and oxygen atoms in total. The Morgan fingerprint density at radius 2 is 1.70 bits per heavy atom. The van der Waals surface area contributed by atoms with E-state index >= 15 is 0 Å². The molecule has 1 aromatic carbocycles. The van der Waals surface area contributed by atoms with Crippen LogP contribution in [-0.4, -0.2) is 21.8 Å². The topological polar surface area (TPSA) is 37.3 Å². The number of hydrogen-bond donors (Lipinski definition) is 1. The summed E-state index contributed by atoms with van der Waals surface area (Å²) in [6.45, 7) is -0.250. The quantitative estimate of drug-likeness (QED) is 0.399. The van der Waals surface area contributed by atoms with E-state index in [9.17, 15) is 0 Å². The van der Waals surface area contributed by atoms with Crippen molar-refractivity contribution in [3.8, 4) is 0 Å². The second kappa shape index (κ2) is 6.03. The van der Waals surface area contributed by atoms with Crippen molar-refractivity contribution < 1.29 is 9.90 Å². The molecular weight excluding hydrogens is 144 g/mol. The second-order valence-corrected chi connectivity index (χ2v) is 2.91. The number of carbonyl (C=O) groups is 1. The van der Waals surface area contributed by atoms with Gasteiger partial charge in [0, 0.05) is 10.2 Å². The molecule has 1 N–H and O–H groups in total. The van der Waals surface area contributed by atoms with Gasteiger partial charge in [0.25, 0.3) is 6.47 Å². The average Bonchev–Trinajstić information content (AvgIpc) is 1.91. The Bertz CT molecular complexity index is 174. The third-order valence-electron chi connectivity index (χ3n) is 0.940. The number of hydrogen-bond acceptors (Lipinski definition) is 1. The summed E-state index contributed by atoms with van der Waals surface area (Å²) >= 11 is 0. The van der Waals surface area contributed by atoms with Gasteiger partial charge in [-0.3, -0.25) is 4.79 Å². The first-order chi connectivity index (χ1) is 4.81. The Hall–Kier alpha value is -1.09. The molecule has 0 heterocycles. The van der Waals surface area contributed by atoms with Crippen molar-refractivity contribution in [2.24, 2.45) is 0 Å². The summed E-state index contributed by atoms with van der Waals surface area (Å²) in [6.07, 6.45) is 0. The molecule has 0 saturated heterocycles. The molecular formula is C7H10O2Si. The lowest BCUT2D eigenvalue weighted by Gasteiger charge is -1.82. The molecule has 0 spiro atoms. The second-order valence-electron chi connectivity index (χ2n) is 1.76. The molecule has 1 rings (SSSR count). The molecule has 0 aliphatic rings. The molecule has 0 aliphatic heterocycles. The van der Waals surface area contributed by atoms with E-state index in [4.69, 9.17) is 9.90 Å². The van der Waals surface area contributed by atoms with E-state index in [0.717, 1.165) is 0 Å². The lowest BCUT2D eigenvalue weighted by atomic mass is 10.4. The fourth-order valence-electron chi connectivity index (χ4n) is 0.534. The van der Waals surface area contributed by atoms with E-state index < -0.39 is 0 Å². The normalized spacial score (nSPS) is 7.60. The van der Waals surface area contributed by atoms with Gasteiger partial charge in [0.1, 0.15) is 0 Å². The van der Waals surface area contributed by atoms with E-state index in [1.807, 2.05) is 6.07 Å². The summed E-state index contributed by atoms with van der Waals surface area (Å²) in [5.74, 6) is 0. The summed E-state index contributed by atoms with van der Waals surface area (Å²) in [5, 5.41) is 8.35. The lowest BCUT2D eigenvalue weighted by molar-refractivity contribution is -0.122. The van der Waals surface area contributed by atoms with Crippen LogP contribution in [0.25, 0.3) is 0 Å². The molecule has 0 unspecified atom stereocenters. The van der Waals surface area contributed by atoms with Gasteiger partial charge < -0.3 is 5.11 Å². The molecule has 10 heavy (non-hydrogen) atoms. The van der Waals surface area contributed by atoms with Crippen molar-refractivity contribution in [3.05, 3.63) is 30.3 Å². The minimum atomic E-state index is -0.250. The van der Waals surface area contributed by atoms with Gasteiger partial charge >= 0.3 is 0 Å². The highest BCUT2D eigenvalue weighted by atomic mass is 28.1. The summed E-state index contributed by atoms with van der Waals surface area (Å²) in [4.78, 5) is 8.36. The molecule has 0 atom stereocenters. The first-order valence-corrected chi connectivity index (χ1v) is 3.90. The maximum absolute atomic E-state index is 8.36. The summed E-state index contributed by atoms with van der Waals surface area (Å²) in [5.41, 5.74) is 0. The van der Waals surface area contributed by atoms with Crippen LogP contribution in [0.3, 0.4) is 0 Å². The van der Waals surface area contributed by atoms with Gasteiger partial charge in [-0.1, -0.05) is 35.5 Å². The van der Waals surface area contributed by atoms with Gasteiger partial charge in [-0.15, -0.1) is 0 Å². The molecule has 1 aromatic rings. The maximum Gasteiger partial charge on any atom is 0.290 e. The van der Waals surface area contributed by atoms with E-state index in [1.54, 1.807) is 0 Å². The highest BCUT2D eigenvalue weighted by molar-refractivity contribution is 6.32. The Morgan fingerprint density at radius 3 is 1.90 bits per heavy atom. The van der Waals surface area contributed by atoms with Crippen molar-refractivity contribution in [2.75, 3.05) is 0 Å². The molecule has 0 radical (unpaired) electrons. The largest absolute Gasteiger partial charge is 0.483 e. The van der Waals surface area contributed by atoms with Gasteiger partial charge in [0.15, 0.2) is 0 Å². The maximum atomic E-state index is 8.36. The third kappa shape index (κ3) is 5.05. The summed E-state index contributed by atoms with van der Waals surface area (Å²) < 4.78 is 0. The highest BCUT2D eigenvalue weighted by Crippen LogP contribution is 1.76. The average molecular weight is 154 g/mol. The van der Waals surface area contributed by atoms with Crippen LogP contribution in [0.15, 0.2) is 30.3 Å². The monoisotopic (exact) mass is 154 g/mol. The predicted molar refractivity (Wildman–Crippen MR) is 44.7 cm³/mol. The molecule has 3 heteroatoms. The van der Waals surface area contributed by atoms with Crippen LogP contribution in [0.1, 0.15) is 0 Å². The number of carboxylic acid groups (broad SMARTS) is 1. The minimum absolute atomic E-state index is 0.250. The summed E-state index contributed by atoms with van der Waals surface area (Å²) in [7, 11) is 1.17. The van der Waals surface area contributed by atoms with Crippen LogP contribution in [0, 0.1) is 0 Å². The standard InChI is InChI=1S/C6H8Si.CH2O2/c7-6-4-2-1-3-5-6;2-1-3/h1-5H,7H3;1H,(H,2,3). The third-order valence-corrected chi connectivity index (χ3v) is 1.61. The molecule has 0 aliphatic carbocycles. The molecule has 0 aromatic heterocycles. The van der Waals surface area contributed by atoms with Crippen LogP contribution >= 0.6 is 0 Å². The van der Waals surface area contributed by atoms with Crippen molar-refractivity contribution in [1.82, 2.24) is 0 Å². The molecule has 0 bridgehead atoms. The molecule has 54 valence electrons. The zero-order chi connectivity index (χ0) is 7.82. The van der Waals surface area contributed by atoms with Gasteiger partial charge in [0.05, 0.1) is 0 Å². The van der Waals surface area contributed by atoms with E-state index in [-0.39, 0.29) is 6.47 Å². The van der Waals surface area contributed by atoms with E-state index in [0.29, 0.717) is 0 Å². The SMILES string of the molecule is O=CO.[SiH3]c1ccccc1. The van der Waals surface area contributed by atoms with E-state index in [2.05, 4.69) is 24.3 Å². The Morgan fingerprint density at radius 1 is 1.30 bits per heavy atom. The first-order valence-electron chi connectivity index (χ1n) is 2.90. The minimum Gasteiger partial charge on any atom is -0.483 e. The Kier molecular flexibility index (Phi) is 5.37. The Labute approximate surface area is 62.9 Å². The van der Waals surface area contributed by atoms with Gasteiger partial charge in [-0.05, 0) is 0 Å². The van der Waals surface area contributed by atoms with Gasteiger partial charge in [-0.2, -0.15) is 0 Å². The van der Waals surface area contributed by atoms with Gasteiger partial charge in [-0.25, -0.2) is 0 Å². The molecule has 0 fully saturated rings. The predicted octanol–water partition coefficient (Wildman–Crippen LogP) is -0.622. The Balaban J connectivity index is 0.000000236. The fraction of sp³-hybridized carbons (Fsp3) is 0. The van der Waals surface area contributed by atoms with Crippen LogP contribution in [0.5, 0.6) is 0 Å². The van der Waals surface area contributed by atoms with E-state index in [1.165, 1.54) is 15.4 Å². The van der Waals surface area contributed by atoms with Crippen molar-refractivity contribution in [2.45, 2.75) is 0 Å². The van der Waals surface area contributed by atoms with Crippen molar-refractivity contribution in [1.29, 1.82) is 0 Å². The molecule has 0 amide bonds. The van der Waals surface area contributed by atoms with Crippen LogP contribution < -0.4 is 5.19 Å². The molecule has 0 saturated carbocycles.